The molecular formula is C18H19N5O2. The van der Waals surface area contributed by atoms with Gasteiger partial charge in [-0.3, -0.25) is 0 Å². The lowest BCUT2D eigenvalue weighted by Crippen LogP contribution is -2.26. The number of hydrogen-bond acceptors (Lipinski definition) is 5. The van der Waals surface area contributed by atoms with Crippen LogP contribution in [0.25, 0.3) is 22.4 Å². The van der Waals surface area contributed by atoms with Gasteiger partial charge in [0.1, 0.15) is 11.3 Å². The fourth-order valence-electron chi connectivity index (χ4n) is 3.19. The summed E-state index contributed by atoms with van der Waals surface area (Å²) in [5.74, 6) is 1.05. The van der Waals surface area contributed by atoms with Gasteiger partial charge in [0.2, 0.25) is 0 Å². The molecule has 1 aliphatic heterocycles. The minimum atomic E-state index is -0.856. The maximum absolute atomic E-state index is 11.0. The molecule has 0 bridgehead atoms. The van der Waals surface area contributed by atoms with Gasteiger partial charge in [0.15, 0.2) is 5.75 Å². The topological polar surface area (TPSA) is 110 Å². The number of carbonyl (C=O) groups excluding carboxylic acids is 1. The first-order valence-corrected chi connectivity index (χ1v) is 8.17. The standard InChI is InChI=1S/C18H19N5O2/c19-12-8-9-23(10-12)13-6-4-11(5-7-13)17-21-14-2-1-3-15(16(14)22-17)25-18(20)24/h1-7,12H,8-10,19H2,(H2,20,24)(H,21,22). The number of H-pyrrole nitrogens is 1. The van der Waals surface area contributed by atoms with E-state index in [1.54, 1.807) is 12.1 Å². The largest absolute Gasteiger partial charge is 0.410 e. The number of imidazole rings is 1. The Hall–Kier alpha value is -3.06. The van der Waals surface area contributed by atoms with Crippen LogP contribution in [0.2, 0.25) is 0 Å². The average Bonchev–Trinajstić information content (AvgIpc) is 3.21. The van der Waals surface area contributed by atoms with Crippen LogP contribution in [0.5, 0.6) is 5.75 Å². The van der Waals surface area contributed by atoms with Crippen LogP contribution >= 0.6 is 0 Å². The quantitative estimate of drug-likeness (QED) is 0.679. The van der Waals surface area contributed by atoms with Gasteiger partial charge in [0, 0.05) is 30.4 Å². The van der Waals surface area contributed by atoms with Gasteiger partial charge >= 0.3 is 6.09 Å². The number of hydrogen-bond donors (Lipinski definition) is 3. The number of nitrogens with one attached hydrogen (secondary N) is 1. The molecule has 1 saturated heterocycles. The number of benzene rings is 2. The van der Waals surface area contributed by atoms with Crippen molar-refractivity contribution in [2.45, 2.75) is 12.5 Å². The first kappa shape index (κ1) is 15.5. The second-order valence-electron chi connectivity index (χ2n) is 6.20. The molecule has 0 saturated carbocycles. The number of primary amides is 1. The van der Waals surface area contributed by atoms with Crippen molar-refractivity contribution < 1.29 is 9.53 Å². The van der Waals surface area contributed by atoms with E-state index in [0.29, 0.717) is 17.1 Å². The van der Waals surface area contributed by atoms with Crippen molar-refractivity contribution in [3.8, 4) is 17.1 Å². The van der Waals surface area contributed by atoms with Crippen molar-refractivity contribution in [2.24, 2.45) is 11.5 Å². The van der Waals surface area contributed by atoms with E-state index in [0.717, 1.165) is 36.3 Å². The molecule has 4 rings (SSSR count). The Morgan fingerprint density at radius 2 is 2.04 bits per heavy atom. The maximum atomic E-state index is 11.0. The molecule has 5 N–H and O–H groups in total. The number of amides is 1. The third kappa shape index (κ3) is 3.01. The third-order valence-electron chi connectivity index (χ3n) is 4.42. The number of nitrogens with zero attached hydrogens (tertiary/aromatic N) is 2. The lowest BCUT2D eigenvalue weighted by atomic mass is 10.2. The van der Waals surface area contributed by atoms with E-state index in [1.165, 1.54) is 0 Å². The van der Waals surface area contributed by atoms with E-state index in [2.05, 4.69) is 27.0 Å². The van der Waals surface area contributed by atoms with Crippen molar-refractivity contribution in [3.05, 3.63) is 42.5 Å². The Kier molecular flexibility index (Phi) is 3.77. The summed E-state index contributed by atoms with van der Waals surface area (Å²) in [7, 11) is 0. The van der Waals surface area contributed by atoms with Crippen LogP contribution in [0.15, 0.2) is 42.5 Å². The fourth-order valence-corrected chi connectivity index (χ4v) is 3.19. The maximum Gasteiger partial charge on any atom is 0.410 e. The summed E-state index contributed by atoms with van der Waals surface area (Å²) in [5, 5.41) is 0. The Labute approximate surface area is 144 Å². The van der Waals surface area contributed by atoms with E-state index >= 15 is 0 Å². The van der Waals surface area contributed by atoms with Crippen LogP contribution < -0.4 is 21.1 Å². The Bertz CT molecular complexity index is 919. The van der Waals surface area contributed by atoms with Crippen LogP contribution in [0.3, 0.4) is 0 Å². The van der Waals surface area contributed by atoms with Gasteiger partial charge in [-0.05, 0) is 42.8 Å². The molecule has 1 aliphatic rings. The number of fused-ring (bicyclic) bond motifs is 1. The minimum Gasteiger partial charge on any atom is -0.408 e. The molecule has 2 aromatic carbocycles. The van der Waals surface area contributed by atoms with Crippen molar-refractivity contribution in [1.29, 1.82) is 0 Å². The molecule has 1 amide bonds. The van der Waals surface area contributed by atoms with Gasteiger partial charge in [0.25, 0.3) is 0 Å². The van der Waals surface area contributed by atoms with Gasteiger partial charge in [-0.15, -0.1) is 0 Å². The molecular weight excluding hydrogens is 318 g/mol. The summed E-state index contributed by atoms with van der Waals surface area (Å²) in [5.41, 5.74) is 14.5. The summed E-state index contributed by atoms with van der Waals surface area (Å²) >= 11 is 0. The fraction of sp³-hybridized carbons (Fsp3) is 0.222. The number of para-hydroxylation sites is 1. The summed E-state index contributed by atoms with van der Waals surface area (Å²) in [6.45, 7) is 1.87. The van der Waals surface area contributed by atoms with Crippen LogP contribution in [0.4, 0.5) is 10.5 Å². The summed E-state index contributed by atoms with van der Waals surface area (Å²) < 4.78 is 5.01. The van der Waals surface area contributed by atoms with Crippen LogP contribution in [-0.4, -0.2) is 35.2 Å². The number of ether oxygens (including phenoxy) is 1. The Morgan fingerprint density at radius 3 is 2.72 bits per heavy atom. The number of aromatic nitrogens is 2. The van der Waals surface area contributed by atoms with Crippen molar-refractivity contribution in [2.75, 3.05) is 18.0 Å². The van der Waals surface area contributed by atoms with Gasteiger partial charge in [-0.25, -0.2) is 9.78 Å². The van der Waals surface area contributed by atoms with Crippen molar-refractivity contribution in [3.63, 3.8) is 0 Å². The SMILES string of the molecule is NC(=O)Oc1cccc2[nH]c(-c3ccc(N4CCC(N)C4)cc3)nc12. The van der Waals surface area contributed by atoms with Crippen LogP contribution in [0, 0.1) is 0 Å². The number of nitrogens with two attached hydrogens (primary N) is 2. The molecule has 1 aromatic heterocycles. The smallest absolute Gasteiger partial charge is 0.408 e. The molecule has 0 radical (unpaired) electrons. The van der Waals surface area contributed by atoms with Crippen LogP contribution in [0.1, 0.15) is 6.42 Å². The third-order valence-corrected chi connectivity index (χ3v) is 4.42. The molecule has 1 atom stereocenters. The lowest BCUT2D eigenvalue weighted by molar-refractivity contribution is 0.211. The minimum absolute atomic E-state index is 0.249. The molecule has 2 heterocycles. The highest BCUT2D eigenvalue weighted by Gasteiger charge is 2.19. The Balaban J connectivity index is 1.64. The molecule has 7 nitrogen and oxygen atoms in total. The van der Waals surface area contributed by atoms with Crippen molar-refractivity contribution >= 4 is 22.8 Å². The lowest BCUT2D eigenvalue weighted by Gasteiger charge is -2.18. The van der Waals surface area contributed by atoms with E-state index in [-0.39, 0.29) is 6.04 Å². The zero-order valence-electron chi connectivity index (χ0n) is 13.6. The first-order valence-electron chi connectivity index (χ1n) is 8.17. The van der Waals surface area contributed by atoms with Gasteiger partial charge in [-0.1, -0.05) is 6.07 Å². The highest BCUT2D eigenvalue weighted by molar-refractivity contribution is 5.87. The number of aromatic amines is 1. The second kappa shape index (κ2) is 6.10. The molecule has 0 aliphatic carbocycles. The molecule has 1 unspecified atom stereocenters. The zero-order chi connectivity index (χ0) is 17.4. The summed E-state index contributed by atoms with van der Waals surface area (Å²) in [6, 6.07) is 13.7. The molecule has 1 fully saturated rings. The predicted octanol–water partition coefficient (Wildman–Crippen LogP) is 2.22. The highest BCUT2D eigenvalue weighted by atomic mass is 16.5. The first-order chi connectivity index (χ1) is 12.1. The van der Waals surface area contributed by atoms with Gasteiger partial charge < -0.3 is 26.1 Å². The van der Waals surface area contributed by atoms with Crippen LogP contribution in [-0.2, 0) is 0 Å². The predicted molar refractivity (Wildman–Crippen MR) is 96.5 cm³/mol. The van der Waals surface area contributed by atoms with E-state index < -0.39 is 6.09 Å². The molecule has 7 heteroatoms. The van der Waals surface area contributed by atoms with Crippen molar-refractivity contribution in [1.82, 2.24) is 9.97 Å². The van der Waals surface area contributed by atoms with Gasteiger partial charge in [0.05, 0.1) is 5.52 Å². The normalized spacial score (nSPS) is 17.2. The summed E-state index contributed by atoms with van der Waals surface area (Å²) in [4.78, 5) is 21.1. The zero-order valence-corrected chi connectivity index (χ0v) is 13.6. The second-order valence-corrected chi connectivity index (χ2v) is 6.20. The van der Waals surface area contributed by atoms with E-state index in [9.17, 15) is 4.79 Å². The number of carbonyl (C=O) groups is 1. The molecule has 0 spiro atoms. The number of anilines is 1. The van der Waals surface area contributed by atoms with E-state index in [4.69, 9.17) is 16.2 Å². The van der Waals surface area contributed by atoms with E-state index in [1.807, 2.05) is 18.2 Å². The molecule has 3 aromatic rings. The average molecular weight is 337 g/mol. The number of rotatable bonds is 3. The summed E-state index contributed by atoms with van der Waals surface area (Å²) in [6.07, 6.45) is 0.166. The highest BCUT2D eigenvalue weighted by Crippen LogP contribution is 2.29. The Morgan fingerprint density at radius 1 is 1.24 bits per heavy atom. The molecule has 25 heavy (non-hydrogen) atoms. The molecule has 128 valence electrons. The monoisotopic (exact) mass is 337 g/mol. The van der Waals surface area contributed by atoms with Gasteiger partial charge in [-0.2, -0.15) is 0 Å².